The summed E-state index contributed by atoms with van der Waals surface area (Å²) in [5, 5.41) is 0. The van der Waals surface area contributed by atoms with Crippen LogP contribution in [0.4, 0.5) is 0 Å². The fraction of sp³-hybridized carbons (Fsp3) is 0.556. The molecule has 62 valence electrons. The van der Waals surface area contributed by atoms with Crippen molar-refractivity contribution in [2.45, 2.75) is 6.92 Å². The molecule has 0 radical (unpaired) electrons. The molecule has 1 fully saturated rings. The van der Waals surface area contributed by atoms with Gasteiger partial charge in [0.25, 0.3) is 0 Å². The van der Waals surface area contributed by atoms with Gasteiger partial charge in [0.2, 0.25) is 0 Å². The Hall–Kier alpha value is -0.760. The Balaban J connectivity index is 2.38. The lowest BCUT2D eigenvalue weighted by Gasteiger charge is -2.28. The molecule has 11 heavy (non-hydrogen) atoms. The fourth-order valence-corrected chi connectivity index (χ4v) is 1.15. The molecule has 1 aliphatic rings. The molecule has 0 unspecified atom stereocenters. The minimum Gasteiger partial charge on any atom is -0.378 e. The minimum atomic E-state index is 0.830. The summed E-state index contributed by atoms with van der Waals surface area (Å²) in [6, 6.07) is 0. The van der Waals surface area contributed by atoms with E-state index in [4.69, 9.17) is 4.74 Å². The lowest BCUT2D eigenvalue weighted by Crippen LogP contribution is -2.34. The zero-order chi connectivity index (χ0) is 8.10. The monoisotopic (exact) mass is 153 g/mol. The van der Waals surface area contributed by atoms with E-state index in [9.17, 15) is 0 Å². The first kappa shape index (κ1) is 8.34. The molecule has 0 spiro atoms. The minimum absolute atomic E-state index is 0.830. The van der Waals surface area contributed by atoms with Crippen molar-refractivity contribution in [1.82, 2.24) is 4.90 Å². The maximum atomic E-state index is 5.22. The molecule has 0 saturated carbocycles. The maximum Gasteiger partial charge on any atom is 0.0642 e. The van der Waals surface area contributed by atoms with E-state index < -0.39 is 0 Å². The topological polar surface area (TPSA) is 12.5 Å². The number of rotatable bonds is 2. The lowest BCUT2D eigenvalue weighted by atomic mass is 10.3. The first-order valence-electron chi connectivity index (χ1n) is 3.99. The smallest absolute Gasteiger partial charge is 0.0642 e. The average Bonchev–Trinajstić information content (AvgIpc) is 2.07. The number of nitrogens with zero attached hydrogens (tertiary/aromatic N) is 1. The standard InChI is InChI=1S/C9H15NO/c1-3-4-9(2)10-5-7-11-8-6-10/h3-4H,2,5-8H2,1H3/b4-3-. The first-order valence-corrected chi connectivity index (χ1v) is 3.99. The van der Waals surface area contributed by atoms with Crippen LogP contribution >= 0.6 is 0 Å². The van der Waals surface area contributed by atoms with Gasteiger partial charge in [0.05, 0.1) is 13.2 Å². The number of morpholine rings is 1. The van der Waals surface area contributed by atoms with E-state index >= 15 is 0 Å². The van der Waals surface area contributed by atoms with Gasteiger partial charge < -0.3 is 9.64 Å². The average molecular weight is 153 g/mol. The molecule has 0 aliphatic carbocycles. The van der Waals surface area contributed by atoms with Gasteiger partial charge >= 0.3 is 0 Å². The zero-order valence-electron chi connectivity index (χ0n) is 7.05. The Kier molecular flexibility index (Phi) is 3.17. The summed E-state index contributed by atoms with van der Waals surface area (Å²) in [5.41, 5.74) is 1.09. The van der Waals surface area contributed by atoms with Crippen molar-refractivity contribution in [3.63, 3.8) is 0 Å². The second kappa shape index (κ2) is 4.19. The summed E-state index contributed by atoms with van der Waals surface area (Å²) in [6.07, 6.45) is 4.04. The predicted molar refractivity (Wildman–Crippen MR) is 46.3 cm³/mol. The number of hydrogen-bond acceptors (Lipinski definition) is 2. The third-order valence-electron chi connectivity index (χ3n) is 1.78. The summed E-state index contributed by atoms with van der Waals surface area (Å²) < 4.78 is 5.22. The van der Waals surface area contributed by atoms with E-state index in [-0.39, 0.29) is 0 Å². The van der Waals surface area contributed by atoms with Crippen molar-refractivity contribution in [2.75, 3.05) is 26.3 Å². The van der Waals surface area contributed by atoms with Gasteiger partial charge in [-0.3, -0.25) is 0 Å². The third kappa shape index (κ3) is 2.39. The highest BCUT2D eigenvalue weighted by Crippen LogP contribution is 2.06. The lowest BCUT2D eigenvalue weighted by molar-refractivity contribution is 0.0556. The Bertz CT molecular complexity index is 157. The van der Waals surface area contributed by atoms with Crippen molar-refractivity contribution in [2.24, 2.45) is 0 Å². The summed E-state index contributed by atoms with van der Waals surface area (Å²) in [4.78, 5) is 2.24. The highest BCUT2D eigenvalue weighted by molar-refractivity contribution is 5.12. The van der Waals surface area contributed by atoms with Crippen molar-refractivity contribution < 1.29 is 4.74 Å². The molecule has 0 amide bonds. The summed E-state index contributed by atoms with van der Waals surface area (Å²) >= 11 is 0. The fourth-order valence-electron chi connectivity index (χ4n) is 1.15. The van der Waals surface area contributed by atoms with Gasteiger partial charge in [-0.05, 0) is 13.0 Å². The SMILES string of the molecule is C=C(/C=C\C)N1CCOCC1. The van der Waals surface area contributed by atoms with Crippen LogP contribution < -0.4 is 0 Å². The largest absolute Gasteiger partial charge is 0.378 e. The maximum absolute atomic E-state index is 5.22. The predicted octanol–water partition coefficient (Wildman–Crippen LogP) is 1.41. The van der Waals surface area contributed by atoms with Crippen LogP contribution in [0.2, 0.25) is 0 Å². The molecule has 2 nitrogen and oxygen atoms in total. The molecule has 0 N–H and O–H groups in total. The van der Waals surface area contributed by atoms with Gasteiger partial charge in [-0.1, -0.05) is 12.7 Å². The van der Waals surface area contributed by atoms with E-state index in [2.05, 4.69) is 11.5 Å². The van der Waals surface area contributed by atoms with Crippen LogP contribution in [0.1, 0.15) is 6.92 Å². The summed E-state index contributed by atoms with van der Waals surface area (Å²) in [5.74, 6) is 0. The first-order chi connectivity index (χ1) is 5.34. The van der Waals surface area contributed by atoms with Crippen molar-refractivity contribution in [1.29, 1.82) is 0 Å². The molecule has 1 saturated heterocycles. The van der Waals surface area contributed by atoms with Crippen LogP contribution in [0.15, 0.2) is 24.4 Å². The quantitative estimate of drug-likeness (QED) is 0.556. The van der Waals surface area contributed by atoms with E-state index in [0.717, 1.165) is 32.0 Å². The highest BCUT2D eigenvalue weighted by atomic mass is 16.5. The van der Waals surface area contributed by atoms with Gasteiger partial charge in [0, 0.05) is 18.8 Å². The van der Waals surface area contributed by atoms with Crippen LogP contribution in [-0.4, -0.2) is 31.2 Å². The van der Waals surface area contributed by atoms with Crippen molar-refractivity contribution in [3.05, 3.63) is 24.4 Å². The Morgan fingerprint density at radius 2 is 2.09 bits per heavy atom. The summed E-state index contributed by atoms with van der Waals surface area (Å²) in [7, 11) is 0. The second-order valence-corrected chi connectivity index (χ2v) is 2.59. The van der Waals surface area contributed by atoms with Gasteiger partial charge in [-0.15, -0.1) is 0 Å². The van der Waals surface area contributed by atoms with Gasteiger partial charge in [-0.25, -0.2) is 0 Å². The van der Waals surface area contributed by atoms with Gasteiger partial charge in [0.1, 0.15) is 0 Å². The highest BCUT2D eigenvalue weighted by Gasteiger charge is 2.08. The molecule has 0 atom stereocenters. The number of hydrogen-bond donors (Lipinski definition) is 0. The third-order valence-corrected chi connectivity index (χ3v) is 1.78. The van der Waals surface area contributed by atoms with E-state index in [1.165, 1.54) is 0 Å². The Morgan fingerprint density at radius 1 is 1.45 bits per heavy atom. The summed E-state index contributed by atoms with van der Waals surface area (Å²) in [6.45, 7) is 9.57. The normalized spacial score (nSPS) is 19.2. The second-order valence-electron chi connectivity index (χ2n) is 2.59. The van der Waals surface area contributed by atoms with Gasteiger partial charge in [-0.2, -0.15) is 0 Å². The molecule has 0 aromatic rings. The van der Waals surface area contributed by atoms with Crippen LogP contribution in [0, 0.1) is 0 Å². The van der Waals surface area contributed by atoms with Crippen molar-refractivity contribution in [3.8, 4) is 0 Å². The molecule has 1 aliphatic heterocycles. The van der Waals surface area contributed by atoms with Crippen LogP contribution in [0.25, 0.3) is 0 Å². The molecule has 1 rings (SSSR count). The Morgan fingerprint density at radius 3 is 2.64 bits per heavy atom. The molecular weight excluding hydrogens is 138 g/mol. The number of ether oxygens (including phenoxy) is 1. The zero-order valence-corrected chi connectivity index (χ0v) is 7.05. The Labute approximate surface area is 68.1 Å². The van der Waals surface area contributed by atoms with Crippen LogP contribution in [0.5, 0.6) is 0 Å². The van der Waals surface area contributed by atoms with Gasteiger partial charge in [0.15, 0.2) is 0 Å². The van der Waals surface area contributed by atoms with Crippen LogP contribution in [0.3, 0.4) is 0 Å². The molecule has 2 heteroatoms. The van der Waals surface area contributed by atoms with Crippen molar-refractivity contribution >= 4 is 0 Å². The molecule has 1 heterocycles. The molecule has 0 bridgehead atoms. The molecule has 0 aromatic heterocycles. The van der Waals surface area contributed by atoms with E-state index in [0.29, 0.717) is 0 Å². The van der Waals surface area contributed by atoms with E-state index in [1.807, 2.05) is 19.1 Å². The van der Waals surface area contributed by atoms with Crippen LogP contribution in [-0.2, 0) is 4.74 Å². The molecular formula is C9H15NO. The molecule has 0 aromatic carbocycles. The number of allylic oxidation sites excluding steroid dienone is 2. The van der Waals surface area contributed by atoms with E-state index in [1.54, 1.807) is 0 Å².